The van der Waals surface area contributed by atoms with Crippen LogP contribution in [0.2, 0.25) is 0 Å². The molecule has 0 atom stereocenters. The normalized spacial score (nSPS) is 11.5. The number of halogens is 3. The average Bonchev–Trinajstić information content (AvgIpc) is 2.84. The van der Waals surface area contributed by atoms with E-state index in [1.807, 2.05) is 19.9 Å². The van der Waals surface area contributed by atoms with Gasteiger partial charge in [-0.05, 0) is 63.2 Å². The molecule has 188 valence electrons. The summed E-state index contributed by atoms with van der Waals surface area (Å²) in [4.78, 5) is 29.5. The average molecular weight is 499 g/mol. The number of nitrogens with zero attached hydrogens (tertiary/aromatic N) is 3. The van der Waals surface area contributed by atoms with Gasteiger partial charge in [0.05, 0.1) is 35.5 Å². The molecule has 0 aliphatic carbocycles. The molecule has 2 aromatic carbocycles. The summed E-state index contributed by atoms with van der Waals surface area (Å²) in [5.74, 6) is -0.892. The zero-order chi connectivity index (χ0) is 26.7. The third-order valence-corrected chi connectivity index (χ3v) is 5.32. The van der Waals surface area contributed by atoms with Gasteiger partial charge in [-0.3, -0.25) is 9.36 Å². The molecule has 36 heavy (non-hydrogen) atoms. The fraction of sp³-hybridized carbons (Fsp3) is 0.280. The lowest BCUT2D eigenvalue weighted by molar-refractivity contribution is -0.137. The van der Waals surface area contributed by atoms with E-state index in [9.17, 15) is 22.8 Å². The van der Waals surface area contributed by atoms with Crippen LogP contribution in [-0.4, -0.2) is 34.7 Å². The molecule has 0 fully saturated rings. The van der Waals surface area contributed by atoms with Crippen molar-refractivity contribution in [2.24, 2.45) is 0 Å². The second kappa shape index (κ2) is 10.1. The zero-order valence-electron chi connectivity index (χ0n) is 20.0. The number of rotatable bonds is 7. The summed E-state index contributed by atoms with van der Waals surface area (Å²) in [5, 5.41) is 15.3. The molecule has 1 aromatic heterocycles. The van der Waals surface area contributed by atoms with Crippen LogP contribution in [0.4, 0.5) is 24.7 Å². The number of benzene rings is 2. The van der Waals surface area contributed by atoms with Crippen molar-refractivity contribution < 1.29 is 22.7 Å². The highest BCUT2D eigenvalue weighted by Gasteiger charge is 2.31. The minimum atomic E-state index is -4.62. The quantitative estimate of drug-likeness (QED) is 0.460. The molecule has 1 heterocycles. The molecule has 0 aliphatic heterocycles. The van der Waals surface area contributed by atoms with E-state index in [0.29, 0.717) is 12.1 Å². The number of ether oxygens (including phenoxy) is 1. The van der Waals surface area contributed by atoms with Crippen LogP contribution in [0.25, 0.3) is 5.69 Å². The Morgan fingerprint density at radius 3 is 2.42 bits per heavy atom. The molecule has 0 radical (unpaired) electrons. The highest BCUT2D eigenvalue weighted by Crippen LogP contribution is 2.31. The second-order valence-corrected chi connectivity index (χ2v) is 8.63. The Kier molecular flexibility index (Phi) is 7.38. The van der Waals surface area contributed by atoms with E-state index in [-0.39, 0.29) is 17.2 Å². The molecule has 0 amide bonds. The van der Waals surface area contributed by atoms with Crippen LogP contribution < -0.4 is 16.2 Å². The monoisotopic (exact) mass is 499 g/mol. The van der Waals surface area contributed by atoms with E-state index < -0.39 is 34.5 Å². The minimum absolute atomic E-state index is 0.0727. The number of methoxy groups -OCH3 is 1. The van der Waals surface area contributed by atoms with Crippen LogP contribution in [0.15, 0.2) is 53.3 Å². The van der Waals surface area contributed by atoms with Gasteiger partial charge in [-0.25, -0.2) is 9.78 Å². The summed E-state index contributed by atoms with van der Waals surface area (Å²) in [6.45, 7) is 5.54. The first-order valence-electron chi connectivity index (χ1n) is 10.8. The maximum absolute atomic E-state index is 13.3. The summed E-state index contributed by atoms with van der Waals surface area (Å²) in [6.07, 6.45) is -4.62. The third-order valence-electron chi connectivity index (χ3n) is 5.32. The van der Waals surface area contributed by atoms with Crippen molar-refractivity contribution in [2.45, 2.75) is 32.5 Å². The smallest absolute Gasteiger partial charge is 0.416 e. The van der Waals surface area contributed by atoms with Crippen molar-refractivity contribution in [3.8, 4) is 11.8 Å². The number of hydrogen-bond acceptors (Lipinski definition) is 7. The van der Waals surface area contributed by atoms with E-state index >= 15 is 0 Å². The Balaban J connectivity index is 2.02. The highest BCUT2D eigenvalue weighted by molar-refractivity contribution is 5.87. The van der Waals surface area contributed by atoms with E-state index in [0.717, 1.165) is 29.5 Å². The molecule has 3 aromatic rings. The molecule has 0 aliphatic rings. The van der Waals surface area contributed by atoms with Crippen molar-refractivity contribution in [1.29, 1.82) is 5.26 Å². The standard InChI is InChI=1S/C25H24F3N5O3/c1-15-21(32-24(2,3)14-30-18-10-8-16(13-29)9-11-18)31-20(23(35)36-4)22(34)33(15)19-7-5-6-17(12-19)25(26,27)28/h5-12,30,32H,14H2,1-4H3. The molecular formula is C25H24F3N5O3. The fourth-order valence-corrected chi connectivity index (χ4v) is 3.44. The second-order valence-electron chi connectivity index (χ2n) is 8.63. The number of esters is 1. The van der Waals surface area contributed by atoms with E-state index in [1.165, 1.54) is 19.1 Å². The molecule has 0 unspecified atom stereocenters. The maximum Gasteiger partial charge on any atom is 0.416 e. The maximum atomic E-state index is 13.3. The largest absolute Gasteiger partial charge is 0.464 e. The molecule has 0 saturated heterocycles. The van der Waals surface area contributed by atoms with Crippen LogP contribution in [0.1, 0.15) is 41.2 Å². The van der Waals surface area contributed by atoms with Gasteiger partial charge in [0.15, 0.2) is 0 Å². The first-order chi connectivity index (χ1) is 16.9. The van der Waals surface area contributed by atoms with Gasteiger partial charge in [0.25, 0.3) is 5.56 Å². The van der Waals surface area contributed by atoms with Gasteiger partial charge in [-0.15, -0.1) is 0 Å². The van der Waals surface area contributed by atoms with Crippen LogP contribution in [-0.2, 0) is 10.9 Å². The number of anilines is 2. The predicted octanol–water partition coefficient (Wildman–Crippen LogP) is 4.52. The van der Waals surface area contributed by atoms with Crippen molar-refractivity contribution in [3.63, 3.8) is 0 Å². The summed E-state index contributed by atoms with van der Waals surface area (Å²) >= 11 is 0. The van der Waals surface area contributed by atoms with Gasteiger partial charge < -0.3 is 15.4 Å². The van der Waals surface area contributed by atoms with Crippen LogP contribution in [0.3, 0.4) is 0 Å². The Morgan fingerprint density at radius 2 is 1.83 bits per heavy atom. The number of carbonyl (C=O) groups is 1. The molecule has 8 nitrogen and oxygen atoms in total. The summed E-state index contributed by atoms with van der Waals surface area (Å²) in [5.41, 5.74) is -1.70. The topological polar surface area (TPSA) is 109 Å². The van der Waals surface area contributed by atoms with Gasteiger partial charge >= 0.3 is 12.1 Å². The van der Waals surface area contributed by atoms with Gasteiger partial charge in [0.2, 0.25) is 5.69 Å². The van der Waals surface area contributed by atoms with Crippen LogP contribution in [0.5, 0.6) is 0 Å². The Hall–Kier alpha value is -4.33. The molecule has 3 rings (SSSR count). The number of hydrogen-bond donors (Lipinski definition) is 2. The number of nitrogens with one attached hydrogen (secondary N) is 2. The van der Waals surface area contributed by atoms with Gasteiger partial charge in [0, 0.05) is 17.9 Å². The molecule has 0 saturated carbocycles. The van der Waals surface area contributed by atoms with Gasteiger partial charge in [-0.2, -0.15) is 18.4 Å². The Bertz CT molecular complexity index is 1370. The molecule has 11 heteroatoms. The lowest BCUT2D eigenvalue weighted by Crippen LogP contribution is -2.40. The fourth-order valence-electron chi connectivity index (χ4n) is 3.44. The minimum Gasteiger partial charge on any atom is -0.464 e. The number of alkyl halides is 3. The van der Waals surface area contributed by atoms with Gasteiger partial charge in [-0.1, -0.05) is 6.07 Å². The van der Waals surface area contributed by atoms with E-state index in [1.54, 1.807) is 24.3 Å². The summed E-state index contributed by atoms with van der Waals surface area (Å²) in [6, 6.07) is 13.1. The van der Waals surface area contributed by atoms with E-state index in [2.05, 4.69) is 20.4 Å². The number of carbonyl (C=O) groups excluding carboxylic acids is 1. The molecular weight excluding hydrogens is 475 g/mol. The zero-order valence-corrected chi connectivity index (χ0v) is 20.0. The lowest BCUT2D eigenvalue weighted by Gasteiger charge is -2.29. The highest BCUT2D eigenvalue weighted by atomic mass is 19.4. The summed E-state index contributed by atoms with van der Waals surface area (Å²) < 4.78 is 45.6. The number of aromatic nitrogens is 2. The van der Waals surface area contributed by atoms with Crippen molar-refractivity contribution >= 4 is 17.5 Å². The van der Waals surface area contributed by atoms with Crippen molar-refractivity contribution in [1.82, 2.24) is 9.55 Å². The predicted molar refractivity (Wildman–Crippen MR) is 128 cm³/mol. The lowest BCUT2D eigenvalue weighted by atomic mass is 10.1. The SMILES string of the molecule is COC(=O)c1nc(NC(C)(C)CNc2ccc(C#N)cc2)c(C)n(-c2cccc(C(F)(F)F)c2)c1=O. The van der Waals surface area contributed by atoms with Crippen LogP contribution >= 0.6 is 0 Å². The van der Waals surface area contributed by atoms with Crippen molar-refractivity contribution in [2.75, 3.05) is 24.3 Å². The Labute approximate surface area is 205 Å². The van der Waals surface area contributed by atoms with Crippen LogP contribution in [0, 0.1) is 18.3 Å². The first-order valence-corrected chi connectivity index (χ1v) is 10.8. The number of nitriles is 1. The third kappa shape index (κ3) is 5.83. The van der Waals surface area contributed by atoms with Gasteiger partial charge in [0.1, 0.15) is 5.82 Å². The Morgan fingerprint density at radius 1 is 1.17 bits per heavy atom. The van der Waals surface area contributed by atoms with Crippen molar-refractivity contribution in [3.05, 3.63) is 81.4 Å². The van der Waals surface area contributed by atoms with E-state index in [4.69, 9.17) is 5.26 Å². The molecule has 2 N–H and O–H groups in total. The molecule has 0 bridgehead atoms. The molecule has 0 spiro atoms. The first kappa shape index (κ1) is 26.3. The summed E-state index contributed by atoms with van der Waals surface area (Å²) in [7, 11) is 1.08.